The highest BCUT2D eigenvalue weighted by Crippen LogP contribution is 2.15. The van der Waals surface area contributed by atoms with E-state index in [9.17, 15) is 4.79 Å². The lowest BCUT2D eigenvalue weighted by Gasteiger charge is -2.04. The van der Waals surface area contributed by atoms with Crippen LogP contribution in [-0.2, 0) is 4.79 Å². The molecule has 0 unspecified atom stereocenters. The third-order valence-corrected chi connectivity index (χ3v) is 7.12. The number of hydrogen-bond donors (Lipinski definition) is 0. The van der Waals surface area contributed by atoms with Gasteiger partial charge in [-0.3, -0.25) is 4.79 Å². The van der Waals surface area contributed by atoms with Gasteiger partial charge in [0.25, 0.3) is 0 Å². The lowest BCUT2D eigenvalue weighted by Crippen LogP contribution is -1.97. The molecule has 0 fully saturated rings. The Morgan fingerprint density at radius 2 is 0.500 bits per heavy atom. The molecule has 0 radical (unpaired) electrons. The van der Waals surface area contributed by atoms with Crippen molar-refractivity contribution in [2.75, 3.05) is 0 Å². The van der Waals surface area contributed by atoms with Crippen LogP contribution in [0.3, 0.4) is 0 Å². The average molecular weight is 451 g/mol. The Balaban J connectivity index is 3.13. The predicted octanol–water partition coefficient (Wildman–Crippen LogP) is 11.5. The summed E-state index contributed by atoms with van der Waals surface area (Å²) in [6.07, 6.45) is 37.5. The van der Waals surface area contributed by atoms with Gasteiger partial charge < -0.3 is 0 Å². The molecular weight excluding hydrogens is 388 g/mol. The molecular formula is C31H62O. The highest BCUT2D eigenvalue weighted by atomic mass is 16.1. The Kier molecular flexibility index (Phi) is 28.4. The first-order valence-electron chi connectivity index (χ1n) is 15.3. The van der Waals surface area contributed by atoms with Crippen molar-refractivity contribution in [1.82, 2.24) is 0 Å². The molecule has 0 saturated carbocycles. The Bertz CT molecular complexity index is 348. The molecule has 32 heavy (non-hydrogen) atoms. The van der Waals surface area contributed by atoms with Crippen molar-refractivity contribution in [2.45, 2.75) is 194 Å². The van der Waals surface area contributed by atoms with Crippen LogP contribution in [0.15, 0.2) is 0 Å². The molecule has 0 rings (SSSR count). The van der Waals surface area contributed by atoms with Crippen LogP contribution in [0.25, 0.3) is 0 Å². The Labute approximate surface area is 204 Å². The number of hydrogen-bond acceptors (Lipinski definition) is 1. The van der Waals surface area contributed by atoms with Crippen LogP contribution in [0.4, 0.5) is 0 Å². The van der Waals surface area contributed by atoms with E-state index in [4.69, 9.17) is 0 Å². The van der Waals surface area contributed by atoms with Crippen LogP contribution in [-0.4, -0.2) is 5.78 Å². The lowest BCUT2D eigenvalue weighted by atomic mass is 10.0. The molecule has 0 N–H and O–H groups in total. The zero-order valence-corrected chi connectivity index (χ0v) is 22.7. The van der Waals surface area contributed by atoms with Crippen molar-refractivity contribution in [1.29, 1.82) is 0 Å². The molecule has 0 aromatic carbocycles. The van der Waals surface area contributed by atoms with E-state index in [0.717, 1.165) is 25.7 Å². The molecule has 1 heteroatoms. The molecule has 0 aliphatic carbocycles. The number of rotatable bonds is 28. The van der Waals surface area contributed by atoms with Gasteiger partial charge in [0.05, 0.1) is 0 Å². The van der Waals surface area contributed by atoms with Gasteiger partial charge >= 0.3 is 0 Å². The van der Waals surface area contributed by atoms with Crippen molar-refractivity contribution >= 4 is 5.78 Å². The van der Waals surface area contributed by atoms with E-state index in [-0.39, 0.29) is 0 Å². The van der Waals surface area contributed by atoms with Crippen molar-refractivity contribution < 1.29 is 4.79 Å². The van der Waals surface area contributed by atoms with Crippen LogP contribution in [0.5, 0.6) is 0 Å². The van der Waals surface area contributed by atoms with E-state index < -0.39 is 0 Å². The molecule has 0 spiro atoms. The van der Waals surface area contributed by atoms with Crippen LogP contribution in [0.2, 0.25) is 0 Å². The summed E-state index contributed by atoms with van der Waals surface area (Å²) in [5.41, 5.74) is 0. The molecule has 0 amide bonds. The maximum atomic E-state index is 12.0. The molecule has 0 aromatic rings. The average Bonchev–Trinajstić information content (AvgIpc) is 2.80. The smallest absolute Gasteiger partial charge is 0.132 e. The van der Waals surface area contributed by atoms with E-state index in [0.29, 0.717) is 5.78 Å². The summed E-state index contributed by atoms with van der Waals surface area (Å²) in [4.78, 5) is 12.0. The van der Waals surface area contributed by atoms with E-state index in [1.54, 1.807) is 0 Å². The summed E-state index contributed by atoms with van der Waals surface area (Å²) in [7, 11) is 0. The number of Topliss-reactive ketones (excluding diaryl/α,β-unsaturated/α-hetero) is 1. The molecule has 0 saturated heterocycles. The number of carbonyl (C=O) groups excluding carboxylic acids is 1. The number of ketones is 1. The van der Waals surface area contributed by atoms with Crippen LogP contribution < -0.4 is 0 Å². The van der Waals surface area contributed by atoms with E-state index >= 15 is 0 Å². The van der Waals surface area contributed by atoms with Crippen molar-refractivity contribution in [3.8, 4) is 0 Å². The SMILES string of the molecule is CCCCCCCCCCCCCCCCCCC(=O)CCCCCCCCCCCC. The minimum atomic E-state index is 0.523. The molecule has 0 bridgehead atoms. The quantitative estimate of drug-likeness (QED) is 0.108. The van der Waals surface area contributed by atoms with Crippen molar-refractivity contribution in [3.63, 3.8) is 0 Å². The summed E-state index contributed by atoms with van der Waals surface area (Å²) in [5.74, 6) is 0.523. The van der Waals surface area contributed by atoms with Crippen LogP contribution in [0, 0.1) is 0 Å². The van der Waals surface area contributed by atoms with Crippen molar-refractivity contribution in [3.05, 3.63) is 0 Å². The monoisotopic (exact) mass is 450 g/mol. The fourth-order valence-corrected chi connectivity index (χ4v) is 4.80. The fraction of sp³-hybridized carbons (Fsp3) is 0.968. The van der Waals surface area contributed by atoms with Gasteiger partial charge in [0.2, 0.25) is 0 Å². The van der Waals surface area contributed by atoms with E-state index in [1.165, 1.54) is 154 Å². The van der Waals surface area contributed by atoms with Crippen molar-refractivity contribution in [2.24, 2.45) is 0 Å². The molecule has 0 aromatic heterocycles. The van der Waals surface area contributed by atoms with E-state index in [1.807, 2.05) is 0 Å². The minimum Gasteiger partial charge on any atom is -0.300 e. The van der Waals surface area contributed by atoms with Crippen LogP contribution >= 0.6 is 0 Å². The van der Waals surface area contributed by atoms with Gasteiger partial charge in [-0.1, -0.05) is 168 Å². The van der Waals surface area contributed by atoms with Crippen LogP contribution in [0.1, 0.15) is 194 Å². The van der Waals surface area contributed by atoms with Gasteiger partial charge in [0.1, 0.15) is 5.78 Å². The topological polar surface area (TPSA) is 17.1 Å². The summed E-state index contributed by atoms with van der Waals surface area (Å²) in [6, 6.07) is 0. The molecule has 192 valence electrons. The standard InChI is InChI=1S/C31H62O/c1-3-5-7-9-11-13-15-16-17-18-19-20-22-24-26-28-30-31(32)29-27-25-23-21-14-12-10-8-6-4-2/h3-30H2,1-2H3. The van der Waals surface area contributed by atoms with Gasteiger partial charge in [-0.25, -0.2) is 0 Å². The molecule has 0 atom stereocenters. The number of carbonyl (C=O) groups is 1. The molecule has 1 nitrogen and oxygen atoms in total. The van der Waals surface area contributed by atoms with Gasteiger partial charge in [0, 0.05) is 12.8 Å². The number of unbranched alkanes of at least 4 members (excludes halogenated alkanes) is 24. The van der Waals surface area contributed by atoms with E-state index in [2.05, 4.69) is 13.8 Å². The summed E-state index contributed by atoms with van der Waals surface area (Å²) in [6.45, 7) is 4.57. The molecule has 0 heterocycles. The third-order valence-electron chi connectivity index (χ3n) is 7.12. The fourth-order valence-electron chi connectivity index (χ4n) is 4.80. The summed E-state index contributed by atoms with van der Waals surface area (Å²) >= 11 is 0. The molecule has 0 aliphatic heterocycles. The largest absolute Gasteiger partial charge is 0.300 e. The lowest BCUT2D eigenvalue weighted by molar-refractivity contribution is -0.119. The predicted molar refractivity (Wildman–Crippen MR) is 146 cm³/mol. The maximum absolute atomic E-state index is 12.0. The zero-order valence-electron chi connectivity index (χ0n) is 22.7. The van der Waals surface area contributed by atoms with Gasteiger partial charge in [-0.05, 0) is 12.8 Å². The molecule has 0 aliphatic rings. The first kappa shape index (κ1) is 31.7. The Morgan fingerprint density at radius 3 is 0.719 bits per heavy atom. The summed E-state index contributed by atoms with van der Waals surface area (Å²) < 4.78 is 0. The highest BCUT2D eigenvalue weighted by Gasteiger charge is 2.02. The van der Waals surface area contributed by atoms with Gasteiger partial charge in [0.15, 0.2) is 0 Å². The first-order valence-corrected chi connectivity index (χ1v) is 15.3. The summed E-state index contributed by atoms with van der Waals surface area (Å²) in [5, 5.41) is 0. The first-order chi connectivity index (χ1) is 15.8. The normalized spacial score (nSPS) is 11.3. The zero-order chi connectivity index (χ0) is 23.4. The minimum absolute atomic E-state index is 0.523. The highest BCUT2D eigenvalue weighted by molar-refractivity contribution is 5.78. The second-order valence-corrected chi connectivity index (χ2v) is 10.5. The van der Waals surface area contributed by atoms with Gasteiger partial charge in [-0.15, -0.1) is 0 Å². The third kappa shape index (κ3) is 27.7. The maximum Gasteiger partial charge on any atom is 0.132 e. The second-order valence-electron chi connectivity index (χ2n) is 10.5. The Hall–Kier alpha value is -0.330. The second kappa shape index (κ2) is 28.7. The Morgan fingerprint density at radius 1 is 0.312 bits per heavy atom. The van der Waals surface area contributed by atoms with Gasteiger partial charge in [-0.2, -0.15) is 0 Å².